The Balaban J connectivity index is 1.94. The van der Waals surface area contributed by atoms with Crippen molar-refractivity contribution < 1.29 is 4.79 Å². The van der Waals surface area contributed by atoms with Crippen molar-refractivity contribution in [3.05, 3.63) is 69.3 Å². The first kappa shape index (κ1) is 16.5. The number of rotatable bonds is 3. The summed E-state index contributed by atoms with van der Waals surface area (Å²) in [5, 5.41) is 15.4. The lowest BCUT2D eigenvalue weighted by Gasteiger charge is -2.04. The third kappa shape index (κ3) is 3.26. The molecule has 0 unspecified atom stereocenters. The van der Waals surface area contributed by atoms with Crippen LogP contribution < -0.4 is 5.32 Å². The highest BCUT2D eigenvalue weighted by Crippen LogP contribution is 2.37. The second-order valence-corrected chi connectivity index (χ2v) is 6.48. The first-order chi connectivity index (χ1) is 11.6. The van der Waals surface area contributed by atoms with E-state index < -0.39 is 0 Å². The van der Waals surface area contributed by atoms with Gasteiger partial charge in [-0.2, -0.15) is 5.26 Å². The Morgan fingerprint density at radius 1 is 1.25 bits per heavy atom. The number of anilines is 1. The van der Waals surface area contributed by atoms with Gasteiger partial charge in [-0.3, -0.25) is 9.78 Å². The maximum Gasteiger partial charge on any atom is 0.257 e. The van der Waals surface area contributed by atoms with Gasteiger partial charge < -0.3 is 5.32 Å². The second-order valence-electron chi connectivity index (χ2n) is 4.79. The summed E-state index contributed by atoms with van der Waals surface area (Å²) in [7, 11) is 0. The second kappa shape index (κ2) is 7.02. The van der Waals surface area contributed by atoms with Crippen LogP contribution in [0.1, 0.15) is 15.9 Å². The number of aromatic nitrogens is 1. The molecule has 4 nitrogen and oxygen atoms in total. The molecule has 0 aliphatic heterocycles. The summed E-state index contributed by atoms with van der Waals surface area (Å²) in [5.74, 6) is -0.317. The zero-order valence-electron chi connectivity index (χ0n) is 12.1. The molecule has 1 N–H and O–H groups in total. The van der Waals surface area contributed by atoms with Crippen LogP contribution in [0.15, 0.2) is 48.1 Å². The van der Waals surface area contributed by atoms with Gasteiger partial charge >= 0.3 is 0 Å². The van der Waals surface area contributed by atoms with Crippen LogP contribution in [-0.4, -0.2) is 10.9 Å². The lowest BCUT2D eigenvalue weighted by molar-refractivity contribution is 0.102. The molecular weight excluding hydrogens is 365 g/mol. The van der Waals surface area contributed by atoms with Gasteiger partial charge in [-0.1, -0.05) is 29.3 Å². The zero-order valence-corrected chi connectivity index (χ0v) is 14.4. The minimum atomic E-state index is -0.317. The van der Waals surface area contributed by atoms with E-state index in [1.807, 2.05) is 0 Å². The summed E-state index contributed by atoms with van der Waals surface area (Å²) in [6.07, 6.45) is 3.06. The highest BCUT2D eigenvalue weighted by atomic mass is 35.5. The van der Waals surface area contributed by atoms with E-state index in [4.69, 9.17) is 23.2 Å². The molecule has 0 saturated carbocycles. The average Bonchev–Trinajstić information content (AvgIpc) is 3.00. The molecule has 3 aromatic rings. The molecule has 3 rings (SSSR count). The number of nitrogens with one attached hydrogen (secondary N) is 1. The normalized spacial score (nSPS) is 10.2. The topological polar surface area (TPSA) is 65.8 Å². The summed E-state index contributed by atoms with van der Waals surface area (Å²) >= 11 is 13.2. The SMILES string of the molecule is N#Cc1c(-c2ccc(Cl)c(Cl)c2)csc1NC(=O)c1cccnc1. The molecule has 1 amide bonds. The fraction of sp³-hybridized carbons (Fsp3) is 0. The summed E-state index contributed by atoms with van der Waals surface area (Å²) in [5.41, 5.74) is 2.27. The Kier molecular flexibility index (Phi) is 4.81. The maximum atomic E-state index is 12.2. The first-order valence-electron chi connectivity index (χ1n) is 6.78. The number of hydrogen-bond donors (Lipinski definition) is 1. The molecular formula is C17H9Cl2N3OS. The quantitative estimate of drug-likeness (QED) is 0.682. The van der Waals surface area contributed by atoms with Crippen molar-refractivity contribution in [2.75, 3.05) is 5.32 Å². The van der Waals surface area contributed by atoms with Gasteiger partial charge in [0.1, 0.15) is 11.1 Å². The van der Waals surface area contributed by atoms with Crippen molar-refractivity contribution in [1.82, 2.24) is 4.98 Å². The highest BCUT2D eigenvalue weighted by Gasteiger charge is 2.16. The summed E-state index contributed by atoms with van der Waals surface area (Å²) in [6.45, 7) is 0. The Morgan fingerprint density at radius 2 is 2.08 bits per heavy atom. The van der Waals surface area contributed by atoms with Gasteiger partial charge in [0.2, 0.25) is 0 Å². The fourth-order valence-electron chi connectivity index (χ4n) is 2.11. The number of carbonyl (C=O) groups is 1. The van der Waals surface area contributed by atoms with E-state index >= 15 is 0 Å². The van der Waals surface area contributed by atoms with Gasteiger partial charge in [0.25, 0.3) is 5.91 Å². The number of benzene rings is 1. The first-order valence-corrected chi connectivity index (χ1v) is 8.42. The van der Waals surface area contributed by atoms with Gasteiger partial charge in [0.15, 0.2) is 0 Å². The Bertz CT molecular complexity index is 948. The van der Waals surface area contributed by atoms with Crippen molar-refractivity contribution in [2.45, 2.75) is 0 Å². The summed E-state index contributed by atoms with van der Waals surface area (Å²) in [4.78, 5) is 16.1. The molecule has 0 atom stereocenters. The van der Waals surface area contributed by atoms with Gasteiger partial charge in [-0.25, -0.2) is 0 Å². The van der Waals surface area contributed by atoms with Gasteiger partial charge in [0.05, 0.1) is 21.2 Å². The largest absolute Gasteiger partial charge is 0.312 e. The molecule has 0 fully saturated rings. The molecule has 2 aromatic heterocycles. The van der Waals surface area contributed by atoms with Crippen LogP contribution in [0, 0.1) is 11.3 Å². The van der Waals surface area contributed by atoms with E-state index in [1.54, 1.807) is 41.9 Å². The maximum absolute atomic E-state index is 12.2. The number of halogens is 2. The van der Waals surface area contributed by atoms with Crippen molar-refractivity contribution >= 4 is 45.4 Å². The van der Waals surface area contributed by atoms with Crippen LogP contribution in [0.4, 0.5) is 5.00 Å². The molecule has 0 aliphatic rings. The Morgan fingerprint density at radius 3 is 2.75 bits per heavy atom. The molecule has 0 spiro atoms. The van der Waals surface area contributed by atoms with Crippen LogP contribution in [0.3, 0.4) is 0 Å². The predicted molar refractivity (Wildman–Crippen MR) is 96.7 cm³/mol. The van der Waals surface area contributed by atoms with E-state index in [-0.39, 0.29) is 5.91 Å². The van der Waals surface area contributed by atoms with Crippen LogP contribution in [0.25, 0.3) is 11.1 Å². The fourth-order valence-corrected chi connectivity index (χ4v) is 3.32. The van der Waals surface area contributed by atoms with Gasteiger partial charge in [-0.15, -0.1) is 11.3 Å². The van der Waals surface area contributed by atoms with Crippen LogP contribution >= 0.6 is 34.5 Å². The van der Waals surface area contributed by atoms with E-state index in [0.29, 0.717) is 31.7 Å². The molecule has 2 heterocycles. The molecule has 7 heteroatoms. The van der Waals surface area contributed by atoms with Gasteiger partial charge in [-0.05, 0) is 29.8 Å². The average molecular weight is 374 g/mol. The molecule has 1 aromatic carbocycles. The number of hydrogen-bond acceptors (Lipinski definition) is 4. The molecule has 0 radical (unpaired) electrons. The number of pyridine rings is 1. The number of amides is 1. The molecule has 0 bridgehead atoms. The molecule has 0 aliphatic carbocycles. The van der Waals surface area contributed by atoms with E-state index in [0.717, 1.165) is 5.56 Å². The lowest BCUT2D eigenvalue weighted by atomic mass is 10.0. The molecule has 24 heavy (non-hydrogen) atoms. The monoisotopic (exact) mass is 373 g/mol. The third-order valence-electron chi connectivity index (χ3n) is 3.28. The number of nitriles is 1. The zero-order chi connectivity index (χ0) is 17.1. The van der Waals surface area contributed by atoms with Crippen molar-refractivity contribution in [1.29, 1.82) is 5.26 Å². The Hall–Kier alpha value is -2.39. The number of thiophene rings is 1. The van der Waals surface area contributed by atoms with E-state index in [9.17, 15) is 10.1 Å². The Labute approximate surface area is 152 Å². The number of nitrogens with zero attached hydrogens (tertiary/aromatic N) is 2. The van der Waals surface area contributed by atoms with Crippen molar-refractivity contribution in [3.63, 3.8) is 0 Å². The van der Waals surface area contributed by atoms with Crippen molar-refractivity contribution in [2.24, 2.45) is 0 Å². The van der Waals surface area contributed by atoms with Crippen LogP contribution in [0.5, 0.6) is 0 Å². The van der Waals surface area contributed by atoms with Crippen LogP contribution in [-0.2, 0) is 0 Å². The lowest BCUT2D eigenvalue weighted by Crippen LogP contribution is -2.11. The van der Waals surface area contributed by atoms with Crippen molar-refractivity contribution in [3.8, 4) is 17.2 Å². The van der Waals surface area contributed by atoms with E-state index in [1.165, 1.54) is 17.5 Å². The standard InChI is InChI=1S/C17H9Cl2N3OS/c18-14-4-3-10(6-15(14)19)13-9-24-17(12(13)7-20)22-16(23)11-2-1-5-21-8-11/h1-6,8-9H,(H,22,23). The molecule has 118 valence electrons. The van der Waals surface area contributed by atoms with Gasteiger partial charge in [0, 0.05) is 23.3 Å². The summed E-state index contributed by atoms with van der Waals surface area (Å²) < 4.78 is 0. The number of carbonyl (C=O) groups excluding carboxylic acids is 1. The highest BCUT2D eigenvalue weighted by molar-refractivity contribution is 7.15. The van der Waals surface area contributed by atoms with Crippen LogP contribution in [0.2, 0.25) is 10.0 Å². The van der Waals surface area contributed by atoms with E-state index in [2.05, 4.69) is 16.4 Å². The third-order valence-corrected chi connectivity index (χ3v) is 4.92. The minimum absolute atomic E-state index is 0.317. The predicted octanol–water partition coefficient (Wildman–Crippen LogP) is 5.24. The molecule has 0 saturated heterocycles. The summed E-state index contributed by atoms with van der Waals surface area (Å²) in [6, 6.07) is 10.6. The smallest absolute Gasteiger partial charge is 0.257 e. The minimum Gasteiger partial charge on any atom is -0.312 e.